The molecule has 1 aromatic heterocycles. The molecule has 2 aromatic rings. The molecule has 0 aliphatic heterocycles. The van der Waals surface area contributed by atoms with E-state index in [1.54, 1.807) is 12.1 Å². The lowest BCUT2D eigenvalue weighted by molar-refractivity contribution is -0.120. The molecule has 3 N–H and O–H groups in total. The summed E-state index contributed by atoms with van der Waals surface area (Å²) in [7, 11) is -3.46. The van der Waals surface area contributed by atoms with E-state index in [-0.39, 0.29) is 16.8 Å². The van der Waals surface area contributed by atoms with Gasteiger partial charge in [0.15, 0.2) is 0 Å². The molecular formula is C16H18ClN3O3S2. The van der Waals surface area contributed by atoms with Crippen LogP contribution in [0.3, 0.4) is 0 Å². The molecule has 134 valence electrons. The average molecular weight is 400 g/mol. The maximum Gasteiger partial charge on any atom is 0.240 e. The number of hydrogen-bond acceptors (Lipinski definition) is 5. The van der Waals surface area contributed by atoms with Gasteiger partial charge in [0, 0.05) is 17.3 Å². The van der Waals surface area contributed by atoms with Gasteiger partial charge in [-0.3, -0.25) is 15.6 Å². The minimum Gasteiger partial charge on any atom is -0.299 e. The molecule has 0 unspecified atom stereocenters. The predicted molar refractivity (Wildman–Crippen MR) is 99.2 cm³/mol. The van der Waals surface area contributed by atoms with Gasteiger partial charge < -0.3 is 0 Å². The number of hydrazine groups is 1. The van der Waals surface area contributed by atoms with Crippen molar-refractivity contribution >= 4 is 44.6 Å². The summed E-state index contributed by atoms with van der Waals surface area (Å²) in [6.07, 6.45) is 2.74. The van der Waals surface area contributed by atoms with Crippen LogP contribution in [-0.4, -0.2) is 20.4 Å². The van der Waals surface area contributed by atoms with Crippen molar-refractivity contribution in [1.29, 1.82) is 0 Å². The molecular weight excluding hydrogens is 382 g/mol. The lowest BCUT2D eigenvalue weighted by atomic mass is 10.2. The molecule has 1 amide bonds. The second kappa shape index (κ2) is 7.74. The Morgan fingerprint density at radius 3 is 2.48 bits per heavy atom. The zero-order valence-electron chi connectivity index (χ0n) is 13.3. The van der Waals surface area contributed by atoms with Crippen LogP contribution >= 0.6 is 22.9 Å². The number of amides is 1. The summed E-state index contributed by atoms with van der Waals surface area (Å²) in [5.41, 5.74) is 5.98. The molecule has 1 aromatic carbocycles. The van der Waals surface area contributed by atoms with E-state index in [1.165, 1.54) is 23.5 Å². The highest BCUT2D eigenvalue weighted by Crippen LogP contribution is 2.23. The number of hydrogen-bond donors (Lipinski definition) is 3. The Morgan fingerprint density at radius 1 is 1.16 bits per heavy atom. The summed E-state index contributed by atoms with van der Waals surface area (Å²) in [6.45, 7) is 0. The minimum atomic E-state index is -3.46. The normalized spacial score (nSPS) is 14.3. The first kappa shape index (κ1) is 18.2. The Morgan fingerprint density at radius 2 is 1.88 bits per heavy atom. The number of sulfonamides is 1. The summed E-state index contributed by atoms with van der Waals surface area (Å²) < 4.78 is 27.5. The van der Waals surface area contributed by atoms with Crippen LogP contribution in [0.5, 0.6) is 0 Å². The number of carbonyl (C=O) groups excluding carboxylic acids is 1. The molecule has 0 saturated heterocycles. The van der Waals surface area contributed by atoms with Crippen molar-refractivity contribution in [3.05, 3.63) is 45.6 Å². The van der Waals surface area contributed by atoms with Crippen molar-refractivity contribution in [2.45, 2.75) is 36.6 Å². The van der Waals surface area contributed by atoms with E-state index in [0.29, 0.717) is 22.9 Å². The molecule has 0 atom stereocenters. The van der Waals surface area contributed by atoms with Crippen molar-refractivity contribution in [2.24, 2.45) is 0 Å². The van der Waals surface area contributed by atoms with Crippen LogP contribution in [0.4, 0.5) is 5.69 Å². The molecule has 1 aliphatic rings. The molecule has 6 nitrogen and oxygen atoms in total. The van der Waals surface area contributed by atoms with E-state index in [9.17, 15) is 13.2 Å². The van der Waals surface area contributed by atoms with Gasteiger partial charge in [0.25, 0.3) is 0 Å². The molecule has 1 fully saturated rings. The van der Waals surface area contributed by atoms with E-state index in [4.69, 9.17) is 11.6 Å². The smallest absolute Gasteiger partial charge is 0.240 e. The third kappa shape index (κ3) is 5.43. The summed E-state index contributed by atoms with van der Waals surface area (Å²) in [4.78, 5) is 13.1. The van der Waals surface area contributed by atoms with Crippen molar-refractivity contribution in [3.8, 4) is 0 Å². The molecule has 0 radical (unpaired) electrons. The van der Waals surface area contributed by atoms with Gasteiger partial charge in [-0.05, 0) is 55.7 Å². The Hall–Kier alpha value is -1.61. The lowest BCUT2D eigenvalue weighted by Gasteiger charge is -2.10. The van der Waals surface area contributed by atoms with Crippen LogP contribution in [0.25, 0.3) is 0 Å². The maximum atomic E-state index is 12.1. The van der Waals surface area contributed by atoms with E-state index in [0.717, 1.165) is 17.7 Å². The number of thiophene rings is 1. The van der Waals surface area contributed by atoms with Gasteiger partial charge in [0.05, 0.1) is 14.9 Å². The van der Waals surface area contributed by atoms with E-state index < -0.39 is 10.0 Å². The van der Waals surface area contributed by atoms with Crippen LogP contribution in [0, 0.1) is 0 Å². The van der Waals surface area contributed by atoms with Crippen LogP contribution in [-0.2, 0) is 21.2 Å². The second-order valence-electron chi connectivity index (χ2n) is 5.80. The molecule has 1 heterocycles. The molecule has 25 heavy (non-hydrogen) atoms. The summed E-state index contributed by atoms with van der Waals surface area (Å²) in [5.74, 6) is -0.156. The summed E-state index contributed by atoms with van der Waals surface area (Å²) in [6, 6.07) is 10.0. The zero-order chi connectivity index (χ0) is 17.9. The number of rotatable bonds is 8. The Labute approximate surface area is 155 Å². The first-order valence-corrected chi connectivity index (χ1v) is 10.5. The van der Waals surface area contributed by atoms with Crippen LogP contribution < -0.4 is 15.6 Å². The number of halogens is 1. The molecule has 3 rings (SSSR count). The average Bonchev–Trinajstić information content (AvgIpc) is 3.29. The highest BCUT2D eigenvalue weighted by molar-refractivity contribution is 7.89. The van der Waals surface area contributed by atoms with Crippen molar-refractivity contribution in [2.75, 3.05) is 5.43 Å². The molecule has 1 aliphatic carbocycles. The monoisotopic (exact) mass is 399 g/mol. The molecule has 9 heteroatoms. The first-order chi connectivity index (χ1) is 11.9. The van der Waals surface area contributed by atoms with Crippen molar-refractivity contribution < 1.29 is 13.2 Å². The zero-order valence-corrected chi connectivity index (χ0v) is 15.7. The maximum absolute atomic E-state index is 12.1. The number of carbonyl (C=O) groups is 1. The molecule has 0 bridgehead atoms. The van der Waals surface area contributed by atoms with Crippen molar-refractivity contribution in [1.82, 2.24) is 10.1 Å². The van der Waals surface area contributed by atoms with Gasteiger partial charge in [0.1, 0.15) is 0 Å². The fourth-order valence-corrected chi connectivity index (χ4v) is 4.53. The summed E-state index contributed by atoms with van der Waals surface area (Å²) >= 11 is 7.31. The molecule has 0 spiro atoms. The van der Waals surface area contributed by atoms with Gasteiger partial charge in [-0.25, -0.2) is 13.1 Å². The van der Waals surface area contributed by atoms with Gasteiger partial charge in [-0.15, -0.1) is 11.3 Å². The van der Waals surface area contributed by atoms with Gasteiger partial charge in [0.2, 0.25) is 15.9 Å². The predicted octanol–water partition coefficient (Wildman–Crippen LogP) is 2.92. The standard InChI is InChI=1S/C16H18ClN3O3S2/c17-15-9-5-13(24-15)6-10-16(21)19-18-11-3-7-14(8-4-11)25(22,23)20-12-1-2-12/h3-5,7-9,12,18,20H,1-2,6,10H2,(H,19,21). The van der Waals surface area contributed by atoms with Gasteiger partial charge in [-0.1, -0.05) is 11.6 Å². The number of aryl methyl sites for hydroxylation is 1. The highest BCUT2D eigenvalue weighted by Gasteiger charge is 2.27. The van der Waals surface area contributed by atoms with Crippen LogP contribution in [0.15, 0.2) is 41.3 Å². The first-order valence-electron chi connectivity index (χ1n) is 7.84. The number of anilines is 1. The fraction of sp³-hybridized carbons (Fsp3) is 0.312. The fourth-order valence-electron chi connectivity index (χ4n) is 2.13. The topological polar surface area (TPSA) is 87.3 Å². The molecule has 1 saturated carbocycles. The Balaban J connectivity index is 1.47. The second-order valence-corrected chi connectivity index (χ2v) is 9.31. The lowest BCUT2D eigenvalue weighted by Crippen LogP contribution is -2.29. The van der Waals surface area contributed by atoms with Gasteiger partial charge >= 0.3 is 0 Å². The quantitative estimate of drug-likeness (QED) is 0.595. The van der Waals surface area contributed by atoms with E-state index in [1.807, 2.05) is 12.1 Å². The largest absolute Gasteiger partial charge is 0.299 e. The number of nitrogens with one attached hydrogen (secondary N) is 3. The van der Waals surface area contributed by atoms with Crippen LogP contribution in [0.1, 0.15) is 24.1 Å². The Bertz CT molecular complexity index is 846. The van der Waals surface area contributed by atoms with E-state index >= 15 is 0 Å². The Kier molecular flexibility index (Phi) is 5.63. The van der Waals surface area contributed by atoms with Crippen molar-refractivity contribution in [3.63, 3.8) is 0 Å². The highest BCUT2D eigenvalue weighted by atomic mass is 35.5. The van der Waals surface area contributed by atoms with Crippen LogP contribution in [0.2, 0.25) is 4.34 Å². The number of benzene rings is 1. The van der Waals surface area contributed by atoms with Gasteiger partial charge in [-0.2, -0.15) is 0 Å². The van der Waals surface area contributed by atoms with E-state index in [2.05, 4.69) is 15.6 Å². The third-order valence-corrected chi connectivity index (χ3v) is 6.46. The summed E-state index contributed by atoms with van der Waals surface area (Å²) in [5, 5.41) is 0. The minimum absolute atomic E-state index is 0.0697. The third-order valence-electron chi connectivity index (χ3n) is 3.64. The SMILES string of the molecule is O=C(CCc1ccc(Cl)s1)NNc1ccc(S(=O)(=O)NC2CC2)cc1.